The lowest BCUT2D eigenvalue weighted by Gasteiger charge is -2.02. The Labute approximate surface area is 117 Å². The van der Waals surface area contributed by atoms with Crippen molar-refractivity contribution in [3.8, 4) is 0 Å². The Morgan fingerprint density at radius 1 is 1.32 bits per heavy atom. The fraction of sp³-hybridized carbons (Fsp3) is 0.154. The van der Waals surface area contributed by atoms with E-state index >= 15 is 0 Å². The van der Waals surface area contributed by atoms with Gasteiger partial charge in [0.15, 0.2) is 12.4 Å². The molecule has 0 amide bonds. The van der Waals surface area contributed by atoms with Gasteiger partial charge in [-0.25, -0.2) is 4.79 Å². The summed E-state index contributed by atoms with van der Waals surface area (Å²) in [7, 11) is 0. The summed E-state index contributed by atoms with van der Waals surface area (Å²) < 4.78 is 10.5. The fourth-order valence-corrected chi connectivity index (χ4v) is 1.65. The highest BCUT2D eigenvalue weighted by molar-refractivity contribution is 9.10. The maximum atomic E-state index is 11.8. The summed E-state index contributed by atoms with van der Waals surface area (Å²) in [6.45, 7) is 1.35. The molecular formula is C13H10BrNO4. The van der Waals surface area contributed by atoms with Gasteiger partial charge in [-0.05, 0) is 19.1 Å². The molecule has 0 aliphatic carbocycles. The summed E-state index contributed by atoms with van der Waals surface area (Å²) in [5.74, 6) is -0.996. The molecule has 0 aliphatic rings. The molecule has 5 nitrogen and oxygen atoms in total. The van der Waals surface area contributed by atoms with Crippen molar-refractivity contribution in [2.75, 3.05) is 6.61 Å². The third kappa shape index (κ3) is 3.51. The van der Waals surface area contributed by atoms with E-state index in [-0.39, 0.29) is 18.2 Å². The number of ether oxygens (including phenoxy) is 1. The van der Waals surface area contributed by atoms with Crippen LogP contribution in [0.15, 0.2) is 39.3 Å². The minimum atomic E-state index is -0.703. The van der Waals surface area contributed by atoms with Crippen molar-refractivity contribution in [3.63, 3.8) is 0 Å². The molecule has 1 aromatic carbocycles. The number of ketones is 1. The molecule has 98 valence electrons. The van der Waals surface area contributed by atoms with Crippen molar-refractivity contribution < 1.29 is 18.8 Å². The molecule has 0 saturated carbocycles. The zero-order valence-corrected chi connectivity index (χ0v) is 11.6. The Bertz CT molecular complexity index is 603. The summed E-state index contributed by atoms with van der Waals surface area (Å²) in [4.78, 5) is 23.3. The van der Waals surface area contributed by atoms with Crippen LogP contribution in [0.3, 0.4) is 0 Å². The third-order valence-corrected chi connectivity index (χ3v) is 2.86. The number of nitrogens with zero attached hydrogens (tertiary/aromatic N) is 1. The van der Waals surface area contributed by atoms with Gasteiger partial charge in [0.25, 0.3) is 0 Å². The van der Waals surface area contributed by atoms with Crippen LogP contribution in [0.4, 0.5) is 0 Å². The number of aromatic nitrogens is 1. The second-order valence-corrected chi connectivity index (χ2v) is 4.75. The second-order valence-electron chi connectivity index (χ2n) is 3.84. The van der Waals surface area contributed by atoms with Crippen LogP contribution in [0, 0.1) is 6.92 Å². The SMILES string of the molecule is Cc1cc(C(=O)OCC(=O)c2ccc(Br)cc2)on1. The molecule has 2 aromatic rings. The van der Waals surface area contributed by atoms with E-state index in [1.807, 2.05) is 0 Å². The van der Waals surface area contributed by atoms with Crippen LogP contribution in [0.2, 0.25) is 0 Å². The molecule has 0 saturated heterocycles. The van der Waals surface area contributed by atoms with Gasteiger partial charge < -0.3 is 9.26 Å². The van der Waals surface area contributed by atoms with Gasteiger partial charge in [0, 0.05) is 16.1 Å². The molecule has 1 heterocycles. The summed E-state index contributed by atoms with van der Waals surface area (Å²) in [6, 6.07) is 8.24. The molecule has 6 heteroatoms. The number of hydrogen-bond donors (Lipinski definition) is 0. The molecule has 0 fully saturated rings. The Morgan fingerprint density at radius 2 is 2.00 bits per heavy atom. The average molecular weight is 324 g/mol. The number of carbonyl (C=O) groups excluding carboxylic acids is 2. The van der Waals surface area contributed by atoms with Crippen LogP contribution in [0.25, 0.3) is 0 Å². The monoisotopic (exact) mass is 323 g/mol. The van der Waals surface area contributed by atoms with Crippen LogP contribution in [0.1, 0.15) is 26.6 Å². The molecule has 19 heavy (non-hydrogen) atoms. The van der Waals surface area contributed by atoms with Gasteiger partial charge in [0.1, 0.15) is 0 Å². The van der Waals surface area contributed by atoms with E-state index in [1.165, 1.54) is 6.07 Å². The Kier molecular flexibility index (Phi) is 4.11. The van der Waals surface area contributed by atoms with Gasteiger partial charge in [-0.1, -0.05) is 33.2 Å². The minimum Gasteiger partial charge on any atom is -0.451 e. The molecule has 0 spiro atoms. The van der Waals surface area contributed by atoms with E-state index in [4.69, 9.17) is 9.26 Å². The fourth-order valence-electron chi connectivity index (χ4n) is 1.38. The number of rotatable bonds is 4. The van der Waals surface area contributed by atoms with E-state index in [0.717, 1.165) is 4.47 Å². The van der Waals surface area contributed by atoms with Gasteiger partial charge in [-0.2, -0.15) is 0 Å². The molecular weight excluding hydrogens is 314 g/mol. The second kappa shape index (κ2) is 5.79. The summed E-state index contributed by atoms with van der Waals surface area (Å²) in [6.07, 6.45) is 0. The zero-order valence-electron chi connectivity index (χ0n) is 10.1. The smallest absolute Gasteiger partial charge is 0.377 e. The van der Waals surface area contributed by atoms with Gasteiger partial charge in [0.2, 0.25) is 5.76 Å². The molecule has 0 bridgehead atoms. The Hall–Kier alpha value is -1.95. The zero-order chi connectivity index (χ0) is 13.8. The van der Waals surface area contributed by atoms with E-state index in [2.05, 4.69) is 21.1 Å². The van der Waals surface area contributed by atoms with Crippen LogP contribution < -0.4 is 0 Å². The lowest BCUT2D eigenvalue weighted by Crippen LogP contribution is -2.13. The van der Waals surface area contributed by atoms with E-state index in [9.17, 15) is 9.59 Å². The van der Waals surface area contributed by atoms with Gasteiger partial charge in [-0.15, -0.1) is 0 Å². The quantitative estimate of drug-likeness (QED) is 0.639. The van der Waals surface area contributed by atoms with Crippen LogP contribution >= 0.6 is 15.9 Å². The van der Waals surface area contributed by atoms with E-state index in [1.54, 1.807) is 31.2 Å². The maximum absolute atomic E-state index is 11.8. The number of halogens is 1. The number of carbonyl (C=O) groups is 2. The number of esters is 1. The predicted octanol–water partition coefficient (Wildman–Crippen LogP) is 2.79. The molecule has 0 unspecified atom stereocenters. The molecule has 0 aliphatic heterocycles. The Morgan fingerprint density at radius 3 is 2.58 bits per heavy atom. The summed E-state index contributed by atoms with van der Waals surface area (Å²) in [5, 5.41) is 3.57. The normalized spacial score (nSPS) is 10.2. The number of aryl methyl sites for hydroxylation is 1. The van der Waals surface area contributed by atoms with E-state index < -0.39 is 5.97 Å². The van der Waals surface area contributed by atoms with Crippen LogP contribution in [-0.4, -0.2) is 23.5 Å². The van der Waals surface area contributed by atoms with Crippen LogP contribution in [0.5, 0.6) is 0 Å². The van der Waals surface area contributed by atoms with Crippen molar-refractivity contribution in [2.24, 2.45) is 0 Å². The number of Topliss-reactive ketones (excluding diaryl/α,β-unsaturated/α-hetero) is 1. The third-order valence-electron chi connectivity index (χ3n) is 2.33. The average Bonchev–Trinajstić information content (AvgIpc) is 2.83. The van der Waals surface area contributed by atoms with Gasteiger partial charge in [-0.3, -0.25) is 4.79 Å². The summed E-state index contributed by atoms with van der Waals surface area (Å²) >= 11 is 3.27. The topological polar surface area (TPSA) is 69.4 Å². The Balaban J connectivity index is 1.93. The number of benzene rings is 1. The van der Waals surface area contributed by atoms with E-state index in [0.29, 0.717) is 11.3 Å². The molecule has 0 radical (unpaired) electrons. The first-order valence-corrected chi connectivity index (χ1v) is 6.25. The van der Waals surface area contributed by atoms with Gasteiger partial charge in [0.05, 0.1) is 5.69 Å². The minimum absolute atomic E-state index is 0.0129. The number of hydrogen-bond acceptors (Lipinski definition) is 5. The first kappa shape index (κ1) is 13.5. The molecule has 2 rings (SSSR count). The molecule has 0 N–H and O–H groups in total. The standard InChI is InChI=1S/C13H10BrNO4/c1-8-6-12(19-15-8)13(17)18-7-11(16)9-2-4-10(14)5-3-9/h2-6H,7H2,1H3. The lowest BCUT2D eigenvalue weighted by atomic mass is 10.1. The first-order valence-electron chi connectivity index (χ1n) is 5.45. The van der Waals surface area contributed by atoms with Crippen molar-refractivity contribution in [1.29, 1.82) is 0 Å². The highest BCUT2D eigenvalue weighted by Crippen LogP contribution is 2.11. The maximum Gasteiger partial charge on any atom is 0.377 e. The van der Waals surface area contributed by atoms with Crippen molar-refractivity contribution in [1.82, 2.24) is 5.16 Å². The van der Waals surface area contributed by atoms with Crippen molar-refractivity contribution in [3.05, 3.63) is 51.8 Å². The molecule has 1 aromatic heterocycles. The largest absolute Gasteiger partial charge is 0.451 e. The first-order chi connectivity index (χ1) is 9.06. The van der Waals surface area contributed by atoms with Gasteiger partial charge >= 0.3 is 5.97 Å². The van der Waals surface area contributed by atoms with Crippen molar-refractivity contribution >= 4 is 27.7 Å². The predicted molar refractivity (Wildman–Crippen MR) is 70.0 cm³/mol. The summed E-state index contributed by atoms with van der Waals surface area (Å²) in [5.41, 5.74) is 1.05. The molecule has 0 atom stereocenters. The van der Waals surface area contributed by atoms with Crippen LogP contribution in [-0.2, 0) is 4.74 Å². The highest BCUT2D eigenvalue weighted by atomic mass is 79.9. The van der Waals surface area contributed by atoms with Crippen molar-refractivity contribution in [2.45, 2.75) is 6.92 Å². The lowest BCUT2D eigenvalue weighted by molar-refractivity contribution is 0.0435. The highest BCUT2D eigenvalue weighted by Gasteiger charge is 2.15.